The monoisotopic (exact) mass is 527 g/mol. The van der Waals surface area contributed by atoms with Crippen molar-refractivity contribution in [2.75, 3.05) is 18.1 Å². The lowest BCUT2D eigenvalue weighted by Crippen LogP contribution is -2.31. The van der Waals surface area contributed by atoms with Crippen molar-refractivity contribution in [3.63, 3.8) is 0 Å². The van der Waals surface area contributed by atoms with Crippen molar-refractivity contribution in [1.82, 2.24) is 5.01 Å². The van der Waals surface area contributed by atoms with Crippen LogP contribution >= 0.6 is 12.2 Å². The van der Waals surface area contributed by atoms with Crippen LogP contribution in [-0.4, -0.2) is 53.2 Å². The van der Waals surface area contributed by atoms with Crippen LogP contribution in [0.1, 0.15) is 40.1 Å². The van der Waals surface area contributed by atoms with Crippen LogP contribution in [0.25, 0.3) is 0 Å². The molecule has 4 rings (SSSR count). The lowest BCUT2D eigenvalue weighted by Gasteiger charge is -2.17. The lowest BCUT2D eigenvalue weighted by atomic mass is 10.2. The maximum absolute atomic E-state index is 12.1. The quantitative estimate of drug-likeness (QED) is 0.244. The summed E-state index contributed by atoms with van der Waals surface area (Å²) < 4.78 is 10.1. The second-order valence-electron chi connectivity index (χ2n) is 7.90. The number of carbonyl (C=O) groups excluding carboxylic acids is 2. The number of benzene rings is 3. The van der Waals surface area contributed by atoms with Gasteiger partial charge in [-0.25, -0.2) is 14.6 Å². The highest BCUT2D eigenvalue weighted by molar-refractivity contribution is 7.82. The number of hydrogen-bond donors (Lipinski definition) is 1. The first-order valence-corrected chi connectivity index (χ1v) is 12.3. The van der Waals surface area contributed by atoms with E-state index in [0.29, 0.717) is 22.5 Å². The molecule has 1 fully saturated rings. The van der Waals surface area contributed by atoms with Crippen LogP contribution < -0.4 is 4.90 Å². The topological polar surface area (TPSA) is 108 Å². The van der Waals surface area contributed by atoms with Gasteiger partial charge in [0.15, 0.2) is 10.8 Å². The van der Waals surface area contributed by atoms with Crippen LogP contribution in [-0.2, 0) is 9.47 Å². The van der Waals surface area contributed by atoms with Crippen molar-refractivity contribution in [2.24, 2.45) is 10.1 Å². The van der Waals surface area contributed by atoms with E-state index in [1.165, 1.54) is 9.91 Å². The zero-order valence-electron chi connectivity index (χ0n) is 20.8. The summed E-state index contributed by atoms with van der Waals surface area (Å²) in [5.41, 5.74) is 2.71. The predicted octanol–water partition coefficient (Wildman–Crippen LogP) is 5.19. The molecule has 0 bridgehead atoms. The molecule has 10 heteroatoms. The summed E-state index contributed by atoms with van der Waals surface area (Å²) >= 11 is 5.73. The molecule has 3 aromatic rings. The van der Waals surface area contributed by atoms with Gasteiger partial charge in [0.2, 0.25) is 5.96 Å². The Morgan fingerprint density at radius 3 is 1.97 bits per heavy atom. The molecule has 38 heavy (non-hydrogen) atoms. The number of amidine groups is 1. The highest BCUT2D eigenvalue weighted by atomic mass is 32.1. The molecule has 1 aliphatic rings. The number of guanidine groups is 1. The second kappa shape index (κ2) is 12.0. The van der Waals surface area contributed by atoms with Crippen LogP contribution in [0.3, 0.4) is 0 Å². The molecule has 1 heterocycles. The Kier molecular flexibility index (Phi) is 8.34. The van der Waals surface area contributed by atoms with Crippen LogP contribution in [0.15, 0.2) is 89.0 Å². The molecule has 1 saturated heterocycles. The lowest BCUT2D eigenvalue weighted by molar-refractivity contribution is 0.0517. The Balaban J connectivity index is 1.69. The highest BCUT2D eigenvalue weighted by Gasteiger charge is 2.38. The number of rotatable bonds is 8. The summed E-state index contributed by atoms with van der Waals surface area (Å²) in [6.45, 7) is 4.04. The van der Waals surface area contributed by atoms with Crippen molar-refractivity contribution in [3.8, 4) is 0 Å². The molecule has 0 aliphatic carbocycles. The molecular weight excluding hydrogens is 502 g/mol. The molecule has 0 amide bonds. The summed E-state index contributed by atoms with van der Waals surface area (Å²) in [6, 6.07) is 22.6. The largest absolute Gasteiger partial charge is 0.462 e. The number of nitrogens with one attached hydrogen (secondary N) is 1. The standard InChI is InChI=1S/C28H25N5O4S/c1-3-36-26(34)20-10-14-22(15-11-20)31-24-25(38)32(23-16-12-21(13-17-23)27(35)37-4-2)28(29)33(24)30-18-19-8-6-5-7-9-19/h5-18,29H,3-4H2,1-2H3/b29-28?,30-18+,31-24?. The van der Waals surface area contributed by atoms with Crippen molar-refractivity contribution in [2.45, 2.75) is 13.8 Å². The van der Waals surface area contributed by atoms with E-state index in [-0.39, 0.29) is 30.0 Å². The van der Waals surface area contributed by atoms with Gasteiger partial charge in [0, 0.05) is 0 Å². The van der Waals surface area contributed by atoms with Gasteiger partial charge in [-0.05, 0) is 67.9 Å². The van der Waals surface area contributed by atoms with E-state index in [0.717, 1.165) is 5.56 Å². The summed E-state index contributed by atoms with van der Waals surface area (Å²) in [6.07, 6.45) is 1.61. The van der Waals surface area contributed by atoms with Crippen molar-refractivity contribution in [3.05, 3.63) is 95.6 Å². The summed E-state index contributed by atoms with van der Waals surface area (Å²) in [5, 5.41) is 14.7. The van der Waals surface area contributed by atoms with Gasteiger partial charge >= 0.3 is 11.9 Å². The fourth-order valence-corrected chi connectivity index (χ4v) is 3.88. The molecule has 0 saturated carbocycles. The molecule has 9 nitrogen and oxygen atoms in total. The Hall–Kier alpha value is -4.70. The molecule has 1 N–H and O–H groups in total. The number of nitrogens with zero attached hydrogens (tertiary/aromatic N) is 4. The van der Waals surface area contributed by atoms with Crippen LogP contribution in [0.5, 0.6) is 0 Å². The molecule has 1 aliphatic heterocycles. The SMILES string of the molecule is CCOC(=O)c1ccc(N=C2C(=S)N(c3ccc(C(=O)OCC)cc3)C(=N)N2/N=C/c2ccccc2)cc1. The van der Waals surface area contributed by atoms with Crippen molar-refractivity contribution < 1.29 is 19.1 Å². The molecule has 0 aromatic heterocycles. The minimum Gasteiger partial charge on any atom is -0.462 e. The average molecular weight is 528 g/mol. The third-order valence-electron chi connectivity index (χ3n) is 5.38. The normalized spacial score (nSPS) is 14.4. The van der Waals surface area contributed by atoms with E-state index in [1.54, 1.807) is 68.6 Å². The Morgan fingerprint density at radius 2 is 1.42 bits per heavy atom. The minimum absolute atomic E-state index is 0.0343. The van der Waals surface area contributed by atoms with Crippen molar-refractivity contribution in [1.29, 1.82) is 5.41 Å². The maximum Gasteiger partial charge on any atom is 0.338 e. The third kappa shape index (κ3) is 5.81. The Labute approximate surface area is 225 Å². The Morgan fingerprint density at radius 1 is 0.868 bits per heavy atom. The fourth-order valence-electron chi connectivity index (χ4n) is 3.56. The molecular formula is C28H25N5O4S. The van der Waals surface area contributed by atoms with Crippen LogP contribution in [0, 0.1) is 5.41 Å². The van der Waals surface area contributed by atoms with Gasteiger partial charge in [-0.15, -0.1) is 0 Å². The van der Waals surface area contributed by atoms with Crippen molar-refractivity contribution >= 4 is 58.5 Å². The zero-order chi connectivity index (χ0) is 27.1. The fraction of sp³-hybridized carbons (Fsp3) is 0.143. The maximum atomic E-state index is 12.1. The first-order valence-electron chi connectivity index (χ1n) is 11.9. The predicted molar refractivity (Wildman–Crippen MR) is 151 cm³/mol. The van der Waals surface area contributed by atoms with Gasteiger partial charge in [0.1, 0.15) is 0 Å². The van der Waals surface area contributed by atoms with Gasteiger partial charge in [-0.1, -0.05) is 42.5 Å². The van der Waals surface area contributed by atoms with E-state index in [1.807, 2.05) is 30.3 Å². The Bertz CT molecular complexity index is 1400. The van der Waals surface area contributed by atoms with Gasteiger partial charge in [0.25, 0.3) is 0 Å². The molecule has 0 atom stereocenters. The summed E-state index contributed by atoms with van der Waals surface area (Å²) in [7, 11) is 0. The zero-order valence-corrected chi connectivity index (χ0v) is 21.6. The number of carbonyl (C=O) groups is 2. The van der Waals surface area contributed by atoms with E-state index in [9.17, 15) is 9.59 Å². The van der Waals surface area contributed by atoms with Crippen LogP contribution in [0.4, 0.5) is 11.4 Å². The van der Waals surface area contributed by atoms with Gasteiger partial charge < -0.3 is 9.47 Å². The van der Waals surface area contributed by atoms with Gasteiger partial charge in [-0.3, -0.25) is 10.3 Å². The molecule has 3 aromatic carbocycles. The first-order chi connectivity index (χ1) is 18.4. The van der Waals surface area contributed by atoms with E-state index >= 15 is 0 Å². The summed E-state index contributed by atoms with van der Waals surface area (Å²) in [4.78, 5) is 30.5. The molecule has 0 spiro atoms. The average Bonchev–Trinajstić information content (AvgIpc) is 3.17. The highest BCUT2D eigenvalue weighted by Crippen LogP contribution is 2.26. The van der Waals surface area contributed by atoms with Crippen LogP contribution in [0.2, 0.25) is 0 Å². The number of thiocarbonyl (C=S) groups is 1. The van der Waals surface area contributed by atoms with Gasteiger partial charge in [-0.2, -0.15) is 10.1 Å². The van der Waals surface area contributed by atoms with E-state index in [4.69, 9.17) is 27.1 Å². The number of esters is 2. The second-order valence-corrected chi connectivity index (χ2v) is 8.29. The molecule has 0 radical (unpaired) electrons. The number of aliphatic imine (C=N–C) groups is 1. The molecule has 192 valence electrons. The summed E-state index contributed by atoms with van der Waals surface area (Å²) in [5.74, 6) is -0.624. The number of hydrazone groups is 1. The minimum atomic E-state index is -0.430. The smallest absolute Gasteiger partial charge is 0.338 e. The van der Waals surface area contributed by atoms with Gasteiger partial charge in [0.05, 0.1) is 41.9 Å². The number of ether oxygens (including phenoxy) is 2. The van der Waals surface area contributed by atoms with E-state index < -0.39 is 11.9 Å². The number of anilines is 1. The third-order valence-corrected chi connectivity index (χ3v) is 5.74. The first kappa shape index (κ1) is 26.4. The van der Waals surface area contributed by atoms with E-state index in [2.05, 4.69) is 10.1 Å². The number of hydrogen-bond acceptors (Lipinski definition) is 8. The molecule has 0 unspecified atom stereocenters.